The lowest BCUT2D eigenvalue weighted by Gasteiger charge is -2.36. The highest BCUT2D eigenvalue weighted by Gasteiger charge is 2.43. The molecule has 2 fully saturated rings. The van der Waals surface area contributed by atoms with Gasteiger partial charge in [0.05, 0.1) is 12.4 Å². The summed E-state index contributed by atoms with van der Waals surface area (Å²) in [6.45, 7) is 3.66. The van der Waals surface area contributed by atoms with Gasteiger partial charge in [-0.2, -0.15) is 0 Å². The topological polar surface area (TPSA) is 95.3 Å². The zero-order valence-electron chi connectivity index (χ0n) is 18.0. The van der Waals surface area contributed by atoms with Crippen molar-refractivity contribution in [2.75, 3.05) is 37.6 Å². The molecule has 0 saturated carbocycles. The Hall–Kier alpha value is -3.27. The van der Waals surface area contributed by atoms with Crippen LogP contribution in [0.5, 0.6) is 0 Å². The van der Waals surface area contributed by atoms with E-state index in [1.54, 1.807) is 29.2 Å². The summed E-state index contributed by atoms with van der Waals surface area (Å²) in [6.07, 6.45) is -1.90. The second kappa shape index (κ2) is 9.70. The van der Waals surface area contributed by atoms with E-state index in [1.165, 1.54) is 6.92 Å². The number of rotatable bonds is 6. The number of nitrogens with one attached hydrogen (secondary N) is 1. The maximum atomic E-state index is 14.4. The molecule has 2 unspecified atom stereocenters. The van der Waals surface area contributed by atoms with Crippen LogP contribution in [-0.2, 0) is 15.4 Å². The first-order valence-corrected chi connectivity index (χ1v) is 11.1. The maximum Gasteiger partial charge on any atom is 0.439 e. The van der Waals surface area contributed by atoms with E-state index < -0.39 is 18.2 Å². The average molecular weight is 479 g/mol. The molecule has 176 valence electrons. The molecule has 9 nitrogen and oxygen atoms in total. The molecule has 0 bridgehead atoms. The molecule has 2 aliphatic rings. The van der Waals surface area contributed by atoms with Gasteiger partial charge in [-0.3, -0.25) is 9.59 Å². The number of nitrogens with zero attached hydrogens (tertiary/aromatic N) is 3. The molecule has 2 aliphatic heterocycles. The third kappa shape index (κ3) is 4.90. The Morgan fingerprint density at radius 3 is 2.42 bits per heavy atom. The molecule has 33 heavy (non-hydrogen) atoms. The van der Waals surface area contributed by atoms with Crippen molar-refractivity contribution in [2.24, 2.45) is 0 Å². The zero-order chi connectivity index (χ0) is 23.5. The molecule has 1 aromatic heterocycles. The van der Waals surface area contributed by atoms with E-state index in [0.717, 1.165) is 5.69 Å². The molecule has 0 aliphatic carbocycles. The number of halogens is 2. The molecule has 3 amide bonds. The molecule has 1 N–H and O–H groups in total. The van der Waals surface area contributed by atoms with Gasteiger partial charge in [0.1, 0.15) is 17.9 Å². The fraction of sp³-hybridized carbons (Fsp3) is 0.409. The third-order valence-corrected chi connectivity index (χ3v) is 6.01. The molecule has 11 heteroatoms. The van der Waals surface area contributed by atoms with Crippen LogP contribution in [0.4, 0.5) is 15.0 Å². The quantitative estimate of drug-likeness (QED) is 0.506. The Morgan fingerprint density at radius 1 is 1.12 bits per heavy atom. The van der Waals surface area contributed by atoms with Crippen LogP contribution < -0.4 is 10.2 Å². The number of amides is 3. The molecular weight excluding hydrogens is 455 g/mol. The molecule has 0 spiro atoms. The Morgan fingerprint density at radius 2 is 1.82 bits per heavy atom. The van der Waals surface area contributed by atoms with Gasteiger partial charge in [-0.1, -0.05) is 16.6 Å². The monoisotopic (exact) mass is 478 g/mol. The van der Waals surface area contributed by atoms with Gasteiger partial charge in [0, 0.05) is 38.8 Å². The van der Waals surface area contributed by atoms with Gasteiger partial charge in [-0.05, 0) is 29.8 Å². The van der Waals surface area contributed by atoms with Crippen LogP contribution in [0, 0.1) is 0 Å². The van der Waals surface area contributed by atoms with E-state index in [9.17, 15) is 18.9 Å². The van der Waals surface area contributed by atoms with Crippen molar-refractivity contribution >= 4 is 35.2 Å². The summed E-state index contributed by atoms with van der Waals surface area (Å²) in [5.74, 6) is 0.592. The number of furan rings is 1. The van der Waals surface area contributed by atoms with Crippen molar-refractivity contribution in [3.63, 3.8) is 0 Å². The summed E-state index contributed by atoms with van der Waals surface area (Å²) in [5.41, 5.74) is 1.48. The summed E-state index contributed by atoms with van der Waals surface area (Å²) < 4.78 is 24.9. The van der Waals surface area contributed by atoms with Crippen molar-refractivity contribution in [3.05, 3.63) is 53.5 Å². The number of hydrogen-bond donors (Lipinski definition) is 1. The predicted octanol–water partition coefficient (Wildman–Crippen LogP) is 2.86. The van der Waals surface area contributed by atoms with Crippen molar-refractivity contribution in [1.29, 1.82) is 0 Å². The molecule has 2 atom stereocenters. The number of benzene rings is 1. The summed E-state index contributed by atoms with van der Waals surface area (Å²) >= 11 is 5.73. The summed E-state index contributed by atoms with van der Waals surface area (Å²) in [5, 5.41) is 2.61. The summed E-state index contributed by atoms with van der Waals surface area (Å²) in [7, 11) is 0. The Balaban J connectivity index is 1.38. The van der Waals surface area contributed by atoms with Crippen LogP contribution >= 0.6 is 11.6 Å². The van der Waals surface area contributed by atoms with Crippen LogP contribution in [0.25, 0.3) is 0 Å². The van der Waals surface area contributed by atoms with Crippen LogP contribution in [0.15, 0.2) is 40.8 Å². The lowest BCUT2D eigenvalue weighted by Crippen LogP contribution is -2.48. The number of carbonyl (C=O) groups is 3. The lowest BCUT2D eigenvalue weighted by molar-refractivity contribution is -0.119. The second-order valence-corrected chi connectivity index (χ2v) is 8.15. The highest BCUT2D eigenvalue weighted by atomic mass is 35.5. The van der Waals surface area contributed by atoms with Crippen molar-refractivity contribution in [1.82, 2.24) is 15.3 Å². The first kappa shape index (κ1) is 22.9. The predicted molar refractivity (Wildman–Crippen MR) is 117 cm³/mol. The van der Waals surface area contributed by atoms with Gasteiger partial charge >= 0.3 is 6.09 Å². The second-order valence-electron chi connectivity index (χ2n) is 7.89. The minimum atomic E-state index is -1.07. The van der Waals surface area contributed by atoms with Crippen LogP contribution in [0.1, 0.15) is 34.8 Å². The Kier molecular flexibility index (Phi) is 6.73. The molecule has 2 aromatic rings. The van der Waals surface area contributed by atoms with Gasteiger partial charge in [-0.25, -0.2) is 4.79 Å². The molecule has 2 saturated heterocycles. The van der Waals surface area contributed by atoms with Crippen molar-refractivity contribution < 1.29 is 28.0 Å². The first-order valence-electron chi connectivity index (χ1n) is 10.6. The van der Waals surface area contributed by atoms with Crippen molar-refractivity contribution in [2.45, 2.75) is 24.9 Å². The zero-order valence-corrected chi connectivity index (χ0v) is 18.8. The van der Waals surface area contributed by atoms with E-state index in [2.05, 4.69) is 10.2 Å². The fourth-order valence-corrected chi connectivity index (χ4v) is 4.16. The SMILES string of the molecule is CC(=O)NCC1OC(=O)N(F)C1c1ccc(N2CCN(C(=O)c3ccc(CCl)o3)CC2)cc1. The van der Waals surface area contributed by atoms with Crippen LogP contribution in [0.3, 0.4) is 0 Å². The summed E-state index contributed by atoms with van der Waals surface area (Å²) in [4.78, 5) is 39.4. The number of hydrogen-bond acceptors (Lipinski definition) is 6. The van der Waals surface area contributed by atoms with Crippen LogP contribution in [0.2, 0.25) is 0 Å². The molecular formula is C22H24ClFN4O5. The number of ether oxygens (including phenoxy) is 1. The Bertz CT molecular complexity index is 1020. The smallest absolute Gasteiger partial charge is 0.439 e. The van der Waals surface area contributed by atoms with Gasteiger partial charge in [0.2, 0.25) is 5.91 Å². The minimum absolute atomic E-state index is 0.0198. The van der Waals surface area contributed by atoms with E-state index in [4.69, 9.17) is 20.8 Å². The number of cyclic esters (lactones) is 1. The van der Waals surface area contributed by atoms with E-state index in [1.807, 2.05) is 12.1 Å². The lowest BCUT2D eigenvalue weighted by atomic mass is 10.0. The molecule has 3 heterocycles. The normalized spacial score (nSPS) is 20.7. The third-order valence-electron chi connectivity index (χ3n) is 5.75. The number of alkyl halides is 1. The molecule has 0 radical (unpaired) electrons. The van der Waals surface area contributed by atoms with Gasteiger partial charge in [-0.15, -0.1) is 16.7 Å². The fourth-order valence-electron chi connectivity index (χ4n) is 4.02. The van der Waals surface area contributed by atoms with Crippen molar-refractivity contribution in [3.8, 4) is 0 Å². The Labute approximate surface area is 194 Å². The molecule has 4 rings (SSSR count). The highest BCUT2D eigenvalue weighted by Crippen LogP contribution is 2.34. The molecule has 1 aromatic carbocycles. The van der Waals surface area contributed by atoms with E-state index in [0.29, 0.717) is 37.5 Å². The highest BCUT2D eigenvalue weighted by molar-refractivity contribution is 6.16. The van der Waals surface area contributed by atoms with Gasteiger partial charge in [0.15, 0.2) is 5.76 Å². The van der Waals surface area contributed by atoms with Gasteiger partial charge in [0.25, 0.3) is 5.91 Å². The van der Waals surface area contributed by atoms with E-state index >= 15 is 0 Å². The number of piperazine rings is 1. The van der Waals surface area contributed by atoms with E-state index in [-0.39, 0.29) is 35.1 Å². The maximum absolute atomic E-state index is 14.4. The van der Waals surface area contributed by atoms with Gasteiger partial charge < -0.3 is 24.3 Å². The van der Waals surface area contributed by atoms with Crippen LogP contribution in [-0.4, -0.2) is 66.8 Å². The summed E-state index contributed by atoms with van der Waals surface area (Å²) in [6, 6.07) is 9.55. The first-order chi connectivity index (χ1) is 15.9. The number of carbonyl (C=O) groups excluding carboxylic acids is 3. The standard InChI is InChI=1S/C22H24ClFN4O5/c1-14(29)25-13-19-20(28(24)22(31)33-19)15-2-4-16(5-3-15)26-8-10-27(11-9-26)21(30)18-7-6-17(12-23)32-18/h2-7,19-20H,8-13H2,1H3,(H,25,29). The largest absolute Gasteiger partial charge is 0.455 e. The average Bonchev–Trinajstić information content (AvgIpc) is 3.42. The number of anilines is 1. The minimum Gasteiger partial charge on any atom is -0.455 e.